The maximum atomic E-state index is 5.30. The molecule has 0 bridgehead atoms. The van der Waals surface area contributed by atoms with Gasteiger partial charge in [-0.2, -0.15) is 0 Å². The highest BCUT2D eigenvalue weighted by Gasteiger charge is 2.23. The molecule has 0 radical (unpaired) electrons. The van der Waals surface area contributed by atoms with Gasteiger partial charge >= 0.3 is 0 Å². The molecule has 0 aliphatic carbocycles. The highest BCUT2D eigenvalue weighted by molar-refractivity contribution is 6.20. The van der Waals surface area contributed by atoms with Crippen LogP contribution in [0.1, 0.15) is 0 Å². The Kier molecular flexibility index (Phi) is 4.69. The maximum Gasteiger partial charge on any atom is 0.220 e. The van der Waals surface area contributed by atoms with Crippen LogP contribution in [0.2, 0.25) is 0 Å². The summed E-state index contributed by atoms with van der Waals surface area (Å²) in [5.74, 6) is 0.953. The molecule has 226 valence electrons. The lowest BCUT2D eigenvalue weighted by atomic mass is 10.0. The molecule has 0 fully saturated rings. The molecule has 0 amide bonds. The summed E-state index contributed by atoms with van der Waals surface area (Å²) < 4.78 is 7.13. The predicted molar refractivity (Wildman–Crippen MR) is 205 cm³/mol. The minimum absolute atomic E-state index is 0.953. The average molecular weight is 623 g/mol. The van der Waals surface area contributed by atoms with Crippen molar-refractivity contribution < 1.29 is 0 Å². The first-order valence-corrected chi connectivity index (χ1v) is 16.8. The molecule has 0 aliphatic rings. The van der Waals surface area contributed by atoms with Crippen LogP contribution in [0.15, 0.2) is 158 Å². The lowest BCUT2D eigenvalue weighted by Crippen LogP contribution is -1.93. The predicted octanol–water partition coefficient (Wildman–Crippen LogP) is 11.6. The Morgan fingerprint density at radius 1 is 0.367 bits per heavy atom. The third-order valence-electron chi connectivity index (χ3n) is 10.7. The van der Waals surface area contributed by atoms with E-state index in [0.29, 0.717) is 0 Å². The summed E-state index contributed by atoms with van der Waals surface area (Å²) >= 11 is 0. The summed E-state index contributed by atoms with van der Waals surface area (Å²) in [6.45, 7) is 0. The van der Waals surface area contributed by atoms with E-state index in [2.05, 4.69) is 171 Å². The first kappa shape index (κ1) is 25.4. The van der Waals surface area contributed by atoms with Gasteiger partial charge in [0.2, 0.25) is 5.78 Å². The van der Waals surface area contributed by atoms with Crippen LogP contribution in [-0.4, -0.2) is 18.4 Å². The Morgan fingerprint density at radius 3 is 1.65 bits per heavy atom. The van der Waals surface area contributed by atoms with Gasteiger partial charge in [-0.1, -0.05) is 97.1 Å². The number of nitrogens with zero attached hydrogens (tertiary/aromatic N) is 4. The second-order valence-electron chi connectivity index (χ2n) is 13.3. The van der Waals surface area contributed by atoms with E-state index in [1.165, 1.54) is 81.8 Å². The normalized spacial score (nSPS) is 12.5. The SMILES string of the molecule is c1ccc2cc3c(cc2c1)nc1n3c2cc(-c3ccc(-n4c5ccccc5c5ccccc54)cc3)cc3c4cc5ccccc5cc4n1c32. The van der Waals surface area contributed by atoms with Crippen molar-refractivity contribution in [1.29, 1.82) is 0 Å². The van der Waals surface area contributed by atoms with Gasteiger partial charge in [0.15, 0.2) is 0 Å². The minimum atomic E-state index is 0.953. The van der Waals surface area contributed by atoms with Gasteiger partial charge in [0.05, 0.1) is 38.6 Å². The van der Waals surface area contributed by atoms with Gasteiger partial charge in [-0.15, -0.1) is 0 Å². The van der Waals surface area contributed by atoms with Crippen molar-refractivity contribution in [3.8, 4) is 16.8 Å². The fourth-order valence-corrected chi connectivity index (χ4v) is 8.50. The van der Waals surface area contributed by atoms with Crippen molar-refractivity contribution in [1.82, 2.24) is 18.4 Å². The number of fused-ring (bicyclic) bond motifs is 13. The van der Waals surface area contributed by atoms with E-state index in [0.717, 1.165) is 22.5 Å². The number of imidazole rings is 2. The molecule has 4 aromatic heterocycles. The quantitative estimate of drug-likeness (QED) is 0.188. The van der Waals surface area contributed by atoms with Crippen LogP contribution in [0, 0.1) is 0 Å². The second kappa shape index (κ2) is 9.03. The molecule has 4 heteroatoms. The van der Waals surface area contributed by atoms with Crippen LogP contribution in [0.4, 0.5) is 0 Å². The third-order valence-corrected chi connectivity index (χ3v) is 10.7. The molecule has 0 unspecified atom stereocenters. The van der Waals surface area contributed by atoms with Crippen LogP contribution in [-0.2, 0) is 0 Å². The zero-order valence-corrected chi connectivity index (χ0v) is 26.3. The van der Waals surface area contributed by atoms with E-state index >= 15 is 0 Å². The van der Waals surface area contributed by atoms with Gasteiger partial charge in [0.1, 0.15) is 0 Å². The maximum absolute atomic E-state index is 5.30. The summed E-state index contributed by atoms with van der Waals surface area (Å²) in [5.41, 5.74) is 11.7. The largest absolute Gasteiger partial charge is 0.309 e. The molecular weight excluding hydrogens is 597 g/mol. The molecule has 4 nitrogen and oxygen atoms in total. The van der Waals surface area contributed by atoms with E-state index in [9.17, 15) is 0 Å². The number of hydrogen-bond donors (Lipinski definition) is 0. The van der Waals surface area contributed by atoms with Gasteiger partial charge in [-0.25, -0.2) is 4.98 Å². The molecule has 12 rings (SSSR count). The van der Waals surface area contributed by atoms with E-state index in [4.69, 9.17) is 4.98 Å². The smallest absolute Gasteiger partial charge is 0.220 e. The number of benzene rings is 8. The number of rotatable bonds is 2. The van der Waals surface area contributed by atoms with Crippen LogP contribution >= 0.6 is 0 Å². The molecule has 0 N–H and O–H groups in total. The van der Waals surface area contributed by atoms with Gasteiger partial charge in [-0.3, -0.25) is 8.80 Å². The first-order valence-electron chi connectivity index (χ1n) is 16.8. The zero-order valence-electron chi connectivity index (χ0n) is 26.3. The average Bonchev–Trinajstić information content (AvgIpc) is 3.87. The van der Waals surface area contributed by atoms with Crippen LogP contribution in [0.3, 0.4) is 0 Å². The Bertz CT molecular complexity index is 3270. The number of hydrogen-bond acceptors (Lipinski definition) is 1. The van der Waals surface area contributed by atoms with Crippen LogP contribution in [0.25, 0.3) is 104 Å². The molecule has 4 heterocycles. The minimum Gasteiger partial charge on any atom is -0.309 e. The standard InChI is InChI=1S/C45H26N4/c1-3-11-30-24-41-36(21-28(30)9-1)37-22-32(26-43-44(37)49(41)45-46-38-23-29-10-2-4-12-31(29)25-42(38)48(43)45)27-17-19-33(20-18-27)47-39-15-7-5-13-34(39)35-14-6-8-16-40(35)47/h1-26H. The summed E-state index contributed by atoms with van der Waals surface area (Å²) in [4.78, 5) is 5.30. The van der Waals surface area contributed by atoms with Gasteiger partial charge in [0.25, 0.3) is 0 Å². The molecule has 49 heavy (non-hydrogen) atoms. The lowest BCUT2D eigenvalue weighted by molar-refractivity contribution is 1.18. The van der Waals surface area contributed by atoms with Crippen molar-refractivity contribution in [3.05, 3.63) is 158 Å². The fourth-order valence-electron chi connectivity index (χ4n) is 8.50. The molecule has 0 saturated heterocycles. The summed E-state index contributed by atoms with van der Waals surface area (Å²) in [7, 11) is 0. The first-order chi connectivity index (χ1) is 24.3. The van der Waals surface area contributed by atoms with Gasteiger partial charge in [0, 0.05) is 27.2 Å². The Hall–Kier alpha value is -6.65. The van der Waals surface area contributed by atoms with Crippen molar-refractivity contribution in [3.63, 3.8) is 0 Å². The number of aromatic nitrogens is 4. The highest BCUT2D eigenvalue weighted by Crippen LogP contribution is 2.42. The van der Waals surface area contributed by atoms with Crippen LogP contribution in [0.5, 0.6) is 0 Å². The Labute approximate surface area is 279 Å². The number of para-hydroxylation sites is 2. The third kappa shape index (κ3) is 3.30. The van der Waals surface area contributed by atoms with Crippen molar-refractivity contribution >= 4 is 87.5 Å². The lowest BCUT2D eigenvalue weighted by Gasteiger charge is -2.10. The molecule has 0 atom stereocenters. The highest BCUT2D eigenvalue weighted by atomic mass is 15.2. The summed E-state index contributed by atoms with van der Waals surface area (Å²) in [6, 6.07) is 57.6. The van der Waals surface area contributed by atoms with Crippen molar-refractivity contribution in [2.24, 2.45) is 0 Å². The molecule has 0 aliphatic heterocycles. The Morgan fingerprint density at radius 2 is 0.959 bits per heavy atom. The van der Waals surface area contributed by atoms with Crippen molar-refractivity contribution in [2.75, 3.05) is 0 Å². The molecular formula is C45H26N4. The monoisotopic (exact) mass is 622 g/mol. The van der Waals surface area contributed by atoms with E-state index in [1.807, 2.05) is 0 Å². The second-order valence-corrected chi connectivity index (χ2v) is 13.3. The van der Waals surface area contributed by atoms with E-state index in [1.54, 1.807) is 0 Å². The zero-order chi connectivity index (χ0) is 31.8. The summed E-state index contributed by atoms with van der Waals surface area (Å²) in [6.07, 6.45) is 0. The van der Waals surface area contributed by atoms with E-state index in [-0.39, 0.29) is 0 Å². The molecule has 0 saturated carbocycles. The Balaban J connectivity index is 1.15. The summed E-state index contributed by atoms with van der Waals surface area (Å²) in [5, 5.41) is 9.96. The van der Waals surface area contributed by atoms with Gasteiger partial charge < -0.3 is 4.57 Å². The van der Waals surface area contributed by atoms with E-state index < -0.39 is 0 Å². The molecule has 0 spiro atoms. The van der Waals surface area contributed by atoms with Crippen molar-refractivity contribution in [2.45, 2.75) is 0 Å². The molecule has 8 aromatic carbocycles. The topological polar surface area (TPSA) is 26.6 Å². The fraction of sp³-hybridized carbons (Fsp3) is 0. The van der Waals surface area contributed by atoms with Crippen LogP contribution < -0.4 is 0 Å². The van der Waals surface area contributed by atoms with Gasteiger partial charge in [-0.05, 0) is 93.3 Å². The molecule has 12 aromatic rings.